The topological polar surface area (TPSA) is 394 Å². The van der Waals surface area contributed by atoms with Crippen molar-refractivity contribution in [2.24, 2.45) is 15.9 Å². The van der Waals surface area contributed by atoms with Gasteiger partial charge in [-0.15, -0.1) is 21.7 Å². The number of terminal acetylenes is 1. The number of ether oxygens (including phenoxy) is 6. The van der Waals surface area contributed by atoms with E-state index in [0.29, 0.717) is 17.1 Å². The molecule has 0 fully saturated rings. The Morgan fingerprint density at radius 1 is 0.609 bits per heavy atom. The molecule has 0 radical (unpaired) electrons. The summed E-state index contributed by atoms with van der Waals surface area (Å²) in [5.41, 5.74) is 7.36. The molecule has 0 saturated heterocycles. The molecule has 0 saturated carbocycles. The van der Waals surface area contributed by atoms with Crippen LogP contribution in [0, 0.1) is 23.2 Å². The molecule has 30 heteroatoms. The fourth-order valence-electron chi connectivity index (χ4n) is 5.10. The number of alkyl carbamates (subject to hydrolysis) is 4. The number of amides is 4. The van der Waals surface area contributed by atoms with Crippen LogP contribution < -0.4 is 21.3 Å². The van der Waals surface area contributed by atoms with Crippen LogP contribution >= 0.6 is 0 Å². The molecule has 3 heterocycles. The first-order valence-electron chi connectivity index (χ1n) is 19.3. The van der Waals surface area contributed by atoms with Gasteiger partial charge in [0, 0.05) is 16.9 Å². The van der Waals surface area contributed by atoms with Crippen molar-refractivity contribution in [2.45, 2.75) is 39.3 Å². The van der Waals surface area contributed by atoms with Crippen molar-refractivity contribution >= 4 is 24.4 Å². The third-order valence-corrected chi connectivity index (χ3v) is 8.48. The second-order valence-electron chi connectivity index (χ2n) is 13.6. The molecule has 3 aromatic rings. The second-order valence-corrected chi connectivity index (χ2v) is 13.6. The molecule has 64 heavy (non-hydrogen) atoms. The van der Waals surface area contributed by atoms with Crippen molar-refractivity contribution in [3.8, 4) is 12.3 Å². The SMILES string of the molecule is C#CCNC(=O)OCCOCCOC(=O)NCc1cn(CC(CO)(CO)Cn2cc(CNC(=O)OCCOCCOC(=O)NCc3cn(CC(CO)(CO)CN=[N+]=[N-])nn3)nn2)nn1. The Kier molecular flexibility index (Phi) is 23.1. The maximum atomic E-state index is 12.2. The summed E-state index contributed by atoms with van der Waals surface area (Å²) < 4.78 is 34.6. The number of carbonyl (C=O) groups excluding carboxylic acids is 4. The molecule has 0 bridgehead atoms. The number of hydrogen-bond donors (Lipinski definition) is 8. The highest BCUT2D eigenvalue weighted by Crippen LogP contribution is 2.22. The number of aliphatic hydroxyl groups is 4. The summed E-state index contributed by atoms with van der Waals surface area (Å²) in [5.74, 6) is 2.23. The quantitative estimate of drug-likeness (QED) is 0.00806. The predicted octanol–water partition coefficient (Wildman–Crippen LogP) is -2.81. The van der Waals surface area contributed by atoms with Gasteiger partial charge >= 0.3 is 24.4 Å². The van der Waals surface area contributed by atoms with E-state index in [1.54, 1.807) is 0 Å². The van der Waals surface area contributed by atoms with Crippen LogP contribution in [0.4, 0.5) is 19.2 Å². The van der Waals surface area contributed by atoms with Gasteiger partial charge in [0.2, 0.25) is 0 Å². The summed E-state index contributed by atoms with van der Waals surface area (Å²) in [7, 11) is 0. The molecule has 0 spiro atoms. The van der Waals surface area contributed by atoms with Crippen molar-refractivity contribution in [1.29, 1.82) is 0 Å². The van der Waals surface area contributed by atoms with E-state index in [1.165, 1.54) is 32.6 Å². The summed E-state index contributed by atoms with van der Waals surface area (Å²) >= 11 is 0. The normalized spacial score (nSPS) is 11.2. The van der Waals surface area contributed by atoms with Crippen LogP contribution in [0.25, 0.3) is 10.4 Å². The van der Waals surface area contributed by atoms with Crippen molar-refractivity contribution in [2.75, 3.05) is 92.4 Å². The van der Waals surface area contributed by atoms with Gasteiger partial charge in [-0.25, -0.2) is 19.2 Å². The summed E-state index contributed by atoms with van der Waals surface area (Å²) in [6, 6.07) is 0. The Bertz CT molecular complexity index is 1960. The van der Waals surface area contributed by atoms with E-state index in [0.717, 1.165) is 0 Å². The van der Waals surface area contributed by atoms with Gasteiger partial charge in [-0.2, -0.15) is 0 Å². The molecule has 3 rings (SSSR count). The first kappa shape index (κ1) is 51.5. The van der Waals surface area contributed by atoms with Crippen LogP contribution in [0.5, 0.6) is 0 Å². The van der Waals surface area contributed by atoms with Crippen molar-refractivity contribution in [1.82, 2.24) is 66.2 Å². The molecule has 352 valence electrons. The van der Waals surface area contributed by atoms with Crippen LogP contribution in [0.1, 0.15) is 17.1 Å². The molecule has 0 atom stereocenters. The first-order valence-corrected chi connectivity index (χ1v) is 19.3. The number of rotatable bonds is 31. The van der Waals surface area contributed by atoms with Gasteiger partial charge in [-0.05, 0) is 5.53 Å². The van der Waals surface area contributed by atoms with E-state index < -0.39 is 61.6 Å². The number of nitrogens with one attached hydrogen (secondary N) is 4. The van der Waals surface area contributed by atoms with Crippen molar-refractivity contribution in [3.05, 3.63) is 46.1 Å². The molecule has 4 amide bonds. The summed E-state index contributed by atoms with van der Waals surface area (Å²) in [6.45, 7) is -2.14. The zero-order chi connectivity index (χ0) is 46.5. The van der Waals surface area contributed by atoms with Gasteiger partial charge < -0.3 is 70.1 Å². The van der Waals surface area contributed by atoms with E-state index in [4.69, 9.17) is 40.4 Å². The largest absolute Gasteiger partial charge is 0.447 e. The van der Waals surface area contributed by atoms with Crippen molar-refractivity contribution in [3.63, 3.8) is 0 Å². The molecular weight excluding hydrogens is 856 g/mol. The number of carbonyl (C=O) groups is 4. The van der Waals surface area contributed by atoms with E-state index >= 15 is 0 Å². The zero-order valence-corrected chi connectivity index (χ0v) is 34.7. The molecule has 30 nitrogen and oxygen atoms in total. The minimum absolute atomic E-state index is 0.00856. The lowest BCUT2D eigenvalue weighted by Gasteiger charge is -2.28. The van der Waals surface area contributed by atoms with Gasteiger partial charge in [-0.3, -0.25) is 14.0 Å². The summed E-state index contributed by atoms with van der Waals surface area (Å²) in [6.07, 6.45) is 6.64. The van der Waals surface area contributed by atoms with Crippen LogP contribution in [0.15, 0.2) is 23.7 Å². The molecule has 0 aliphatic carbocycles. The molecule has 0 aromatic carbocycles. The highest BCUT2D eigenvalue weighted by Gasteiger charge is 2.32. The van der Waals surface area contributed by atoms with E-state index in [1.807, 2.05) is 0 Å². The average Bonchev–Trinajstić information content (AvgIpc) is 4.08. The van der Waals surface area contributed by atoms with Crippen LogP contribution in [0.3, 0.4) is 0 Å². The molecule has 0 unspecified atom stereocenters. The summed E-state index contributed by atoms with van der Waals surface area (Å²) in [5, 5.41) is 76.9. The predicted molar refractivity (Wildman–Crippen MR) is 212 cm³/mol. The molecule has 3 aromatic heterocycles. The minimum atomic E-state index is -1.15. The van der Waals surface area contributed by atoms with E-state index in [-0.39, 0.29) is 105 Å². The number of azide groups is 1. The Balaban J connectivity index is 1.26. The minimum Gasteiger partial charge on any atom is -0.447 e. The highest BCUT2D eigenvalue weighted by molar-refractivity contribution is 5.68. The highest BCUT2D eigenvalue weighted by atomic mass is 16.6. The van der Waals surface area contributed by atoms with E-state index in [9.17, 15) is 39.6 Å². The first-order chi connectivity index (χ1) is 31.0. The monoisotopic (exact) mass is 908 g/mol. The van der Waals surface area contributed by atoms with Crippen molar-refractivity contribution < 1.29 is 68.0 Å². The number of aromatic nitrogens is 9. The lowest BCUT2D eigenvalue weighted by molar-refractivity contribution is 0.0186. The fourth-order valence-corrected chi connectivity index (χ4v) is 5.10. The Labute approximate surface area is 364 Å². The van der Waals surface area contributed by atoms with Gasteiger partial charge in [0.15, 0.2) is 0 Å². The molecule has 8 N–H and O–H groups in total. The Morgan fingerprint density at radius 3 is 1.28 bits per heavy atom. The number of hydrogen-bond acceptors (Lipinski definition) is 21. The Hall–Kier alpha value is -6.87. The van der Waals surface area contributed by atoms with Gasteiger partial charge in [0.05, 0.1) is 123 Å². The van der Waals surface area contributed by atoms with Gasteiger partial charge in [0.1, 0.15) is 43.5 Å². The average molecular weight is 909 g/mol. The lowest BCUT2D eigenvalue weighted by Crippen LogP contribution is -2.39. The lowest BCUT2D eigenvalue weighted by atomic mass is 9.90. The third kappa shape index (κ3) is 19.5. The molecule has 0 aliphatic rings. The molecular formula is C34H52N16O14. The standard InChI is InChI=1S/C34H52N16O14/c1-2-3-36-29(55)61-8-4-59-5-9-62-31(57)38-13-27-16-49(46-42-27)20-34(24-53,25-54)21-50-17-28(43-47-50)14-39-32(58)64-11-7-60-6-10-63-30(56)37-12-26-15-48(45-41-26)19-33(22-51,23-52)18-40-44-35/h1,15-17,51-54H,3-14,18-25H2,(H,36,55)(H,37,56)(H,38,57)(H,39,58). The fraction of sp³-hybridized carbons (Fsp3) is 0.647. The molecule has 0 aliphatic heterocycles. The number of aliphatic hydroxyl groups excluding tert-OH is 4. The second kappa shape index (κ2) is 28.7. The maximum Gasteiger partial charge on any atom is 0.407 e. The zero-order valence-electron chi connectivity index (χ0n) is 34.7. The smallest absolute Gasteiger partial charge is 0.407 e. The van der Waals surface area contributed by atoms with Crippen LogP contribution in [0.2, 0.25) is 0 Å². The number of nitrogens with zero attached hydrogens (tertiary/aromatic N) is 12. The third-order valence-electron chi connectivity index (χ3n) is 8.48. The Morgan fingerprint density at radius 2 is 0.953 bits per heavy atom. The van der Waals surface area contributed by atoms with Gasteiger partial charge in [0.25, 0.3) is 0 Å². The van der Waals surface area contributed by atoms with E-state index in [2.05, 4.69) is 68.1 Å². The maximum absolute atomic E-state index is 12.2. The summed E-state index contributed by atoms with van der Waals surface area (Å²) in [4.78, 5) is 50.1. The van der Waals surface area contributed by atoms with Crippen LogP contribution in [-0.2, 0) is 67.7 Å². The van der Waals surface area contributed by atoms with Gasteiger partial charge in [-0.1, -0.05) is 26.7 Å². The van der Waals surface area contributed by atoms with Crippen LogP contribution in [-0.4, -0.2) is 182 Å².